The van der Waals surface area contributed by atoms with Crippen molar-refractivity contribution < 1.29 is 23.8 Å². The Bertz CT molecular complexity index is 684. The molecule has 1 aromatic carbocycles. The second-order valence-corrected chi connectivity index (χ2v) is 6.37. The van der Waals surface area contributed by atoms with E-state index in [9.17, 15) is 19.1 Å². The number of likely N-dealkylation sites (N-methyl/N-ethyl adjacent to an activating group) is 1. The van der Waals surface area contributed by atoms with Gasteiger partial charge in [0.15, 0.2) is 0 Å². The van der Waals surface area contributed by atoms with Crippen LogP contribution in [0.4, 0.5) is 14.9 Å². The minimum atomic E-state index is -1.09. The molecular weight excluding hydrogens is 329 g/mol. The number of nitrogens with zero attached hydrogens (tertiary/aromatic N) is 2. The number of hydrogen-bond donors (Lipinski definition) is 2. The zero-order chi connectivity index (χ0) is 18.0. The van der Waals surface area contributed by atoms with Crippen molar-refractivity contribution in [3.8, 4) is 5.75 Å². The molecule has 2 heterocycles. The molecule has 136 valence electrons. The lowest BCUT2D eigenvalue weighted by Crippen LogP contribution is -2.70. The molecule has 1 unspecified atom stereocenters. The lowest BCUT2D eigenvalue weighted by Gasteiger charge is -2.49. The fraction of sp³-hybridized carbons (Fsp3) is 0.529. The Balaban J connectivity index is 1.98. The fourth-order valence-electron chi connectivity index (χ4n) is 3.69. The molecule has 0 bridgehead atoms. The van der Waals surface area contributed by atoms with Crippen LogP contribution in [-0.4, -0.2) is 61.3 Å². The molecule has 2 aliphatic rings. The molecule has 1 amide bonds. The molecule has 0 saturated carbocycles. The number of hydrogen-bond acceptors (Lipinski definition) is 5. The standard InChI is InChI=1S/C17H22FN3O4/c1-19-17(4-7-22)11-20(5-6-21(17)16(23)24)14-10-13(18)9-12-3-2-8-25-15(12)14/h7,9-10,19H,2-6,8,11H2,1H3,(H,23,24). The highest BCUT2D eigenvalue weighted by Crippen LogP contribution is 2.38. The highest BCUT2D eigenvalue weighted by molar-refractivity contribution is 5.70. The Morgan fingerprint density at radius 1 is 1.48 bits per heavy atom. The van der Waals surface area contributed by atoms with Gasteiger partial charge in [-0.3, -0.25) is 10.2 Å². The molecule has 2 N–H and O–H groups in total. The number of carbonyl (C=O) groups excluding carboxylic acids is 1. The first kappa shape index (κ1) is 17.5. The molecule has 7 nitrogen and oxygen atoms in total. The predicted molar refractivity (Wildman–Crippen MR) is 89.6 cm³/mol. The number of fused-ring (bicyclic) bond motifs is 1. The minimum absolute atomic E-state index is 0.00463. The highest BCUT2D eigenvalue weighted by Gasteiger charge is 2.44. The summed E-state index contributed by atoms with van der Waals surface area (Å²) in [7, 11) is 1.63. The maximum atomic E-state index is 14.1. The smallest absolute Gasteiger partial charge is 0.408 e. The van der Waals surface area contributed by atoms with Gasteiger partial charge < -0.3 is 19.5 Å². The topological polar surface area (TPSA) is 82.1 Å². The molecule has 25 heavy (non-hydrogen) atoms. The lowest BCUT2D eigenvalue weighted by molar-refractivity contribution is -0.110. The summed E-state index contributed by atoms with van der Waals surface area (Å²) in [4.78, 5) is 25.9. The zero-order valence-corrected chi connectivity index (χ0v) is 14.1. The third-order valence-electron chi connectivity index (χ3n) is 4.97. The van der Waals surface area contributed by atoms with E-state index in [1.165, 1.54) is 17.0 Å². The molecule has 0 radical (unpaired) electrons. The van der Waals surface area contributed by atoms with Crippen LogP contribution in [0.2, 0.25) is 0 Å². The van der Waals surface area contributed by atoms with Gasteiger partial charge in [0.1, 0.15) is 23.5 Å². The van der Waals surface area contributed by atoms with Crippen LogP contribution in [-0.2, 0) is 11.2 Å². The van der Waals surface area contributed by atoms with Crippen molar-refractivity contribution in [2.75, 3.05) is 38.2 Å². The van der Waals surface area contributed by atoms with Gasteiger partial charge in [-0.15, -0.1) is 0 Å². The summed E-state index contributed by atoms with van der Waals surface area (Å²) >= 11 is 0. The average Bonchev–Trinajstić information content (AvgIpc) is 2.60. The largest absolute Gasteiger partial charge is 0.491 e. The van der Waals surface area contributed by atoms with Crippen LogP contribution < -0.4 is 15.0 Å². The summed E-state index contributed by atoms with van der Waals surface area (Å²) in [6.45, 7) is 1.41. The van der Waals surface area contributed by atoms with E-state index in [0.717, 1.165) is 18.4 Å². The SMILES string of the molecule is CNC1(CC=O)CN(c2cc(F)cc3c2OCCC3)CCN1C(=O)O. The molecule has 0 aromatic heterocycles. The van der Waals surface area contributed by atoms with Crippen LogP contribution in [0.15, 0.2) is 12.1 Å². The van der Waals surface area contributed by atoms with Crippen LogP contribution in [0.3, 0.4) is 0 Å². The van der Waals surface area contributed by atoms with E-state index in [4.69, 9.17) is 4.74 Å². The molecule has 0 aliphatic carbocycles. The Labute approximate surface area is 145 Å². The quantitative estimate of drug-likeness (QED) is 0.799. The number of amides is 1. The van der Waals surface area contributed by atoms with Crippen LogP contribution >= 0.6 is 0 Å². The molecule has 3 rings (SSSR count). The van der Waals surface area contributed by atoms with E-state index in [0.29, 0.717) is 30.9 Å². The van der Waals surface area contributed by atoms with Gasteiger partial charge in [-0.05, 0) is 31.5 Å². The number of halogens is 1. The van der Waals surface area contributed by atoms with Crippen molar-refractivity contribution in [2.45, 2.75) is 24.9 Å². The fourth-order valence-corrected chi connectivity index (χ4v) is 3.69. The number of piperazine rings is 1. The van der Waals surface area contributed by atoms with Crippen molar-refractivity contribution >= 4 is 18.1 Å². The first-order chi connectivity index (χ1) is 12.0. The zero-order valence-electron chi connectivity index (χ0n) is 14.1. The van der Waals surface area contributed by atoms with E-state index in [-0.39, 0.29) is 25.3 Å². The number of anilines is 1. The third-order valence-corrected chi connectivity index (χ3v) is 4.97. The maximum Gasteiger partial charge on any atom is 0.408 e. The summed E-state index contributed by atoms with van der Waals surface area (Å²) in [6, 6.07) is 2.91. The van der Waals surface area contributed by atoms with E-state index in [1.807, 2.05) is 4.90 Å². The molecule has 0 spiro atoms. The number of ether oxygens (including phenoxy) is 1. The van der Waals surface area contributed by atoms with Gasteiger partial charge >= 0.3 is 6.09 Å². The summed E-state index contributed by atoms with van der Waals surface area (Å²) in [5.41, 5.74) is 0.386. The second kappa shape index (κ2) is 6.87. The summed E-state index contributed by atoms with van der Waals surface area (Å²) in [6.07, 6.45) is 1.21. The average molecular weight is 351 g/mol. The van der Waals surface area contributed by atoms with E-state index < -0.39 is 11.8 Å². The summed E-state index contributed by atoms with van der Waals surface area (Å²) < 4.78 is 19.8. The number of aryl methyl sites for hydroxylation is 1. The van der Waals surface area contributed by atoms with Gasteiger partial charge in [0.25, 0.3) is 0 Å². The van der Waals surface area contributed by atoms with Crippen LogP contribution in [0, 0.1) is 5.82 Å². The van der Waals surface area contributed by atoms with Gasteiger partial charge in [0.2, 0.25) is 0 Å². The lowest BCUT2D eigenvalue weighted by atomic mass is 9.98. The Morgan fingerprint density at radius 3 is 2.96 bits per heavy atom. The number of rotatable bonds is 4. The number of carbonyl (C=O) groups is 2. The van der Waals surface area contributed by atoms with Crippen molar-refractivity contribution in [2.24, 2.45) is 0 Å². The molecule has 1 fully saturated rings. The number of nitrogens with one attached hydrogen (secondary N) is 1. The van der Waals surface area contributed by atoms with Gasteiger partial charge in [0.05, 0.1) is 18.8 Å². The van der Waals surface area contributed by atoms with Crippen molar-refractivity contribution in [1.82, 2.24) is 10.2 Å². The first-order valence-corrected chi connectivity index (χ1v) is 8.34. The molecule has 1 atom stereocenters. The predicted octanol–water partition coefficient (Wildman–Crippen LogP) is 1.46. The third kappa shape index (κ3) is 3.13. The van der Waals surface area contributed by atoms with Gasteiger partial charge in [-0.1, -0.05) is 0 Å². The molecule has 1 saturated heterocycles. The van der Waals surface area contributed by atoms with E-state index in [2.05, 4.69) is 5.32 Å². The van der Waals surface area contributed by atoms with Crippen LogP contribution in [0.1, 0.15) is 18.4 Å². The Morgan fingerprint density at radius 2 is 2.28 bits per heavy atom. The minimum Gasteiger partial charge on any atom is -0.491 e. The molecule has 8 heteroatoms. The normalized spacial score (nSPS) is 23.0. The Kier molecular flexibility index (Phi) is 4.80. The number of carboxylic acid groups (broad SMARTS) is 1. The monoisotopic (exact) mass is 351 g/mol. The van der Waals surface area contributed by atoms with Gasteiger partial charge in [0, 0.05) is 25.6 Å². The number of aldehydes is 1. The summed E-state index contributed by atoms with van der Waals surface area (Å²) in [5.74, 6) is 0.317. The maximum absolute atomic E-state index is 14.1. The van der Waals surface area contributed by atoms with E-state index >= 15 is 0 Å². The second-order valence-electron chi connectivity index (χ2n) is 6.37. The highest BCUT2D eigenvalue weighted by atomic mass is 19.1. The first-order valence-electron chi connectivity index (χ1n) is 8.34. The summed E-state index contributed by atoms with van der Waals surface area (Å²) in [5, 5.41) is 12.5. The van der Waals surface area contributed by atoms with Crippen molar-refractivity contribution in [1.29, 1.82) is 0 Å². The van der Waals surface area contributed by atoms with E-state index in [1.54, 1.807) is 7.05 Å². The van der Waals surface area contributed by atoms with Crippen LogP contribution in [0.5, 0.6) is 5.75 Å². The van der Waals surface area contributed by atoms with Crippen molar-refractivity contribution in [3.05, 3.63) is 23.5 Å². The van der Waals surface area contributed by atoms with Gasteiger partial charge in [-0.25, -0.2) is 9.18 Å². The van der Waals surface area contributed by atoms with Crippen LogP contribution in [0.25, 0.3) is 0 Å². The Hall–Kier alpha value is -2.35. The van der Waals surface area contributed by atoms with Crippen molar-refractivity contribution in [3.63, 3.8) is 0 Å². The molecule has 2 aliphatic heterocycles. The molecular formula is C17H22FN3O4. The number of benzene rings is 1. The van der Waals surface area contributed by atoms with Gasteiger partial charge in [-0.2, -0.15) is 0 Å². The molecule has 1 aromatic rings.